The first kappa shape index (κ1) is 21.6. The van der Waals surface area contributed by atoms with Crippen molar-refractivity contribution in [1.82, 2.24) is 19.6 Å². The van der Waals surface area contributed by atoms with Crippen molar-refractivity contribution in [2.75, 3.05) is 6.61 Å². The van der Waals surface area contributed by atoms with Crippen molar-refractivity contribution in [3.63, 3.8) is 0 Å². The summed E-state index contributed by atoms with van der Waals surface area (Å²) in [4.78, 5) is 21.9. The number of aromatic nitrogens is 4. The van der Waals surface area contributed by atoms with Crippen molar-refractivity contribution in [2.45, 2.75) is 39.7 Å². The Morgan fingerprint density at radius 1 is 1.12 bits per heavy atom. The number of hydrogen-bond donors (Lipinski definition) is 1. The molecule has 0 bridgehead atoms. The lowest BCUT2D eigenvalue weighted by atomic mass is 9.96. The lowest BCUT2D eigenvalue weighted by Gasteiger charge is -2.17. The third-order valence-electron chi connectivity index (χ3n) is 5.18. The quantitative estimate of drug-likeness (QED) is 0.443. The molecule has 0 atom stereocenters. The SMILES string of the molecule is CCOc1ccc(-c2cc(CC(=O)c3ccc(C(C)(C)O)cc3)nc3cc(C)nn23)cn1. The largest absolute Gasteiger partial charge is 0.478 e. The third kappa shape index (κ3) is 4.53. The van der Waals surface area contributed by atoms with Gasteiger partial charge < -0.3 is 9.84 Å². The van der Waals surface area contributed by atoms with Gasteiger partial charge in [0.15, 0.2) is 11.4 Å². The summed E-state index contributed by atoms with van der Waals surface area (Å²) in [6.45, 7) is 7.80. The van der Waals surface area contributed by atoms with Crippen molar-refractivity contribution in [2.24, 2.45) is 0 Å². The molecule has 0 aliphatic heterocycles. The number of ketones is 1. The maximum Gasteiger partial charge on any atom is 0.213 e. The second-order valence-corrected chi connectivity index (χ2v) is 8.24. The van der Waals surface area contributed by atoms with Crippen molar-refractivity contribution in [3.05, 3.63) is 77.2 Å². The fourth-order valence-corrected chi connectivity index (χ4v) is 3.53. The fourth-order valence-electron chi connectivity index (χ4n) is 3.53. The number of hydrogen-bond acceptors (Lipinski definition) is 6. The van der Waals surface area contributed by atoms with Gasteiger partial charge in [-0.2, -0.15) is 5.10 Å². The summed E-state index contributed by atoms with van der Waals surface area (Å²) in [5.41, 5.74) is 4.21. The Labute approximate surface area is 186 Å². The van der Waals surface area contributed by atoms with Crippen LogP contribution < -0.4 is 4.74 Å². The molecule has 0 unspecified atom stereocenters. The first-order chi connectivity index (χ1) is 15.2. The number of Topliss-reactive ketones (excluding diaryl/α,β-unsaturated/α-hetero) is 1. The summed E-state index contributed by atoms with van der Waals surface area (Å²) < 4.78 is 7.20. The van der Waals surface area contributed by atoms with E-state index in [0.29, 0.717) is 29.4 Å². The molecule has 0 radical (unpaired) electrons. The normalized spacial score (nSPS) is 11.7. The molecule has 7 heteroatoms. The number of rotatable bonds is 7. The Kier molecular flexibility index (Phi) is 5.76. The molecule has 0 saturated carbocycles. The second kappa shape index (κ2) is 8.51. The summed E-state index contributed by atoms with van der Waals surface area (Å²) in [6, 6.07) is 14.5. The Hall–Kier alpha value is -3.58. The topological polar surface area (TPSA) is 89.6 Å². The van der Waals surface area contributed by atoms with Crippen LogP contribution in [0.1, 0.15) is 48.1 Å². The number of carbonyl (C=O) groups is 1. The molecule has 0 saturated heterocycles. The van der Waals surface area contributed by atoms with Gasteiger partial charge in [0, 0.05) is 29.5 Å². The van der Waals surface area contributed by atoms with Crippen LogP contribution in [-0.2, 0) is 12.0 Å². The van der Waals surface area contributed by atoms with Crippen molar-refractivity contribution in [1.29, 1.82) is 0 Å². The lowest BCUT2D eigenvalue weighted by molar-refractivity contribution is 0.0784. The van der Waals surface area contributed by atoms with E-state index < -0.39 is 5.60 Å². The monoisotopic (exact) mass is 430 g/mol. The van der Waals surface area contributed by atoms with Gasteiger partial charge in [0.05, 0.1) is 35.7 Å². The average Bonchev–Trinajstić information content (AvgIpc) is 3.13. The summed E-state index contributed by atoms with van der Waals surface area (Å²) in [7, 11) is 0. The number of pyridine rings is 1. The van der Waals surface area contributed by atoms with E-state index in [2.05, 4.69) is 15.1 Å². The highest BCUT2D eigenvalue weighted by molar-refractivity contribution is 5.97. The number of ether oxygens (including phenoxy) is 1. The van der Waals surface area contributed by atoms with Crippen LogP contribution in [0.15, 0.2) is 54.7 Å². The first-order valence-corrected chi connectivity index (χ1v) is 10.6. The summed E-state index contributed by atoms with van der Waals surface area (Å²) in [5.74, 6) is 0.513. The van der Waals surface area contributed by atoms with Crippen LogP contribution >= 0.6 is 0 Å². The number of aryl methyl sites for hydroxylation is 1. The minimum Gasteiger partial charge on any atom is -0.478 e. The summed E-state index contributed by atoms with van der Waals surface area (Å²) in [6.07, 6.45) is 1.89. The summed E-state index contributed by atoms with van der Waals surface area (Å²) >= 11 is 0. The molecule has 7 nitrogen and oxygen atoms in total. The van der Waals surface area contributed by atoms with E-state index in [0.717, 1.165) is 22.5 Å². The van der Waals surface area contributed by atoms with Crippen molar-refractivity contribution >= 4 is 11.4 Å². The van der Waals surface area contributed by atoms with E-state index in [1.165, 1.54) is 0 Å². The van der Waals surface area contributed by atoms with Crippen LogP contribution in [0.4, 0.5) is 0 Å². The van der Waals surface area contributed by atoms with Gasteiger partial charge >= 0.3 is 0 Å². The molecule has 3 aromatic heterocycles. The molecule has 3 heterocycles. The number of benzene rings is 1. The zero-order valence-electron chi connectivity index (χ0n) is 18.7. The Balaban J connectivity index is 1.66. The number of fused-ring (bicyclic) bond motifs is 1. The van der Waals surface area contributed by atoms with E-state index in [-0.39, 0.29) is 12.2 Å². The van der Waals surface area contributed by atoms with E-state index in [1.54, 1.807) is 48.8 Å². The average molecular weight is 431 g/mol. The molecule has 0 aliphatic rings. The Bertz CT molecular complexity index is 1250. The van der Waals surface area contributed by atoms with Crippen molar-refractivity contribution in [3.8, 4) is 17.1 Å². The van der Waals surface area contributed by atoms with E-state index >= 15 is 0 Å². The van der Waals surface area contributed by atoms with Crippen LogP contribution in [0.5, 0.6) is 5.88 Å². The van der Waals surface area contributed by atoms with Gasteiger partial charge in [-0.1, -0.05) is 24.3 Å². The zero-order valence-corrected chi connectivity index (χ0v) is 18.7. The molecule has 32 heavy (non-hydrogen) atoms. The van der Waals surface area contributed by atoms with Crippen LogP contribution in [0.25, 0.3) is 16.9 Å². The van der Waals surface area contributed by atoms with Gasteiger partial charge in [-0.3, -0.25) is 4.79 Å². The zero-order chi connectivity index (χ0) is 22.9. The first-order valence-electron chi connectivity index (χ1n) is 10.6. The van der Waals surface area contributed by atoms with Gasteiger partial charge in [-0.25, -0.2) is 14.5 Å². The minimum absolute atomic E-state index is 0.0452. The highest BCUT2D eigenvalue weighted by atomic mass is 16.5. The molecule has 4 aromatic rings. The maximum atomic E-state index is 12.9. The highest BCUT2D eigenvalue weighted by Gasteiger charge is 2.18. The molecular weight excluding hydrogens is 404 g/mol. The van der Waals surface area contributed by atoms with Crippen LogP contribution in [0, 0.1) is 6.92 Å². The molecule has 0 spiro atoms. The second-order valence-electron chi connectivity index (χ2n) is 8.24. The van der Waals surface area contributed by atoms with Crippen LogP contribution in [0.2, 0.25) is 0 Å². The van der Waals surface area contributed by atoms with E-state index in [4.69, 9.17) is 4.74 Å². The van der Waals surface area contributed by atoms with E-state index in [1.807, 2.05) is 38.1 Å². The smallest absolute Gasteiger partial charge is 0.213 e. The molecule has 1 aromatic carbocycles. The van der Waals surface area contributed by atoms with Gasteiger partial charge in [-0.15, -0.1) is 0 Å². The number of nitrogens with zero attached hydrogens (tertiary/aromatic N) is 4. The Morgan fingerprint density at radius 2 is 1.88 bits per heavy atom. The van der Waals surface area contributed by atoms with E-state index in [9.17, 15) is 9.90 Å². The molecule has 0 amide bonds. The van der Waals surface area contributed by atoms with Gasteiger partial charge in [0.25, 0.3) is 0 Å². The van der Waals surface area contributed by atoms with Crippen LogP contribution in [-0.4, -0.2) is 37.1 Å². The summed E-state index contributed by atoms with van der Waals surface area (Å²) in [5, 5.41) is 14.7. The Morgan fingerprint density at radius 3 is 2.50 bits per heavy atom. The van der Waals surface area contributed by atoms with Gasteiger partial charge in [0.2, 0.25) is 5.88 Å². The number of aliphatic hydroxyl groups is 1. The van der Waals surface area contributed by atoms with Crippen LogP contribution in [0.3, 0.4) is 0 Å². The predicted molar refractivity (Wildman–Crippen MR) is 122 cm³/mol. The molecular formula is C25H26N4O3. The third-order valence-corrected chi connectivity index (χ3v) is 5.18. The van der Waals surface area contributed by atoms with Gasteiger partial charge in [0.1, 0.15) is 0 Å². The van der Waals surface area contributed by atoms with Crippen molar-refractivity contribution < 1.29 is 14.6 Å². The molecule has 1 N–H and O–H groups in total. The predicted octanol–water partition coefficient (Wildman–Crippen LogP) is 4.15. The molecule has 0 fully saturated rings. The highest BCUT2D eigenvalue weighted by Crippen LogP contribution is 2.24. The standard InChI is InChI=1S/C25H26N4O3/c1-5-32-24-11-8-18(15-26-24)21-13-20(27-23-12-16(2)28-29(21)23)14-22(30)17-6-9-19(10-7-17)25(3,4)31/h6-13,15,31H,5,14H2,1-4H3. The maximum absolute atomic E-state index is 12.9. The van der Waals surface area contributed by atoms with Gasteiger partial charge in [-0.05, 0) is 45.4 Å². The number of carbonyl (C=O) groups excluding carboxylic acids is 1. The minimum atomic E-state index is -0.950. The molecule has 164 valence electrons. The lowest BCUT2D eigenvalue weighted by Crippen LogP contribution is -2.15. The fraction of sp³-hybridized carbons (Fsp3) is 0.280. The molecule has 0 aliphatic carbocycles. The molecule has 4 rings (SSSR count).